The van der Waals surface area contributed by atoms with E-state index in [0.717, 1.165) is 29.7 Å². The molecule has 0 bridgehead atoms. The van der Waals surface area contributed by atoms with Gasteiger partial charge in [0.1, 0.15) is 10.8 Å². The molecule has 36 heavy (non-hydrogen) atoms. The van der Waals surface area contributed by atoms with Crippen molar-refractivity contribution in [3.8, 4) is 5.75 Å². The number of amides is 2. The number of fused-ring (bicyclic) bond motifs is 1. The second-order valence-electron chi connectivity index (χ2n) is 8.71. The zero-order valence-electron chi connectivity index (χ0n) is 20.1. The Morgan fingerprint density at radius 2 is 2.25 bits per heavy atom. The lowest BCUT2D eigenvalue weighted by Gasteiger charge is -2.18. The van der Waals surface area contributed by atoms with Crippen LogP contribution in [0, 0.1) is 5.92 Å². The molecule has 1 aliphatic rings. The number of hydrogen-bond acceptors (Lipinski definition) is 7. The van der Waals surface area contributed by atoms with Crippen LogP contribution in [0.3, 0.4) is 0 Å². The highest BCUT2D eigenvalue weighted by atomic mass is 35.5. The van der Waals surface area contributed by atoms with Crippen molar-refractivity contribution < 1.29 is 14.3 Å². The first-order chi connectivity index (χ1) is 17.3. The monoisotopic (exact) mass is 545 g/mol. The molecular formula is C25H28ClN5O3S2. The molecule has 1 aliphatic carbocycles. The maximum Gasteiger partial charge on any atom is 0.251 e. The van der Waals surface area contributed by atoms with Crippen LogP contribution < -0.4 is 15.8 Å². The fraction of sp³-hybridized carbons (Fsp3) is 0.360. The van der Waals surface area contributed by atoms with Crippen LogP contribution in [0.25, 0.3) is 0 Å². The minimum absolute atomic E-state index is 0.0932. The summed E-state index contributed by atoms with van der Waals surface area (Å²) in [5, 5.41) is 13.1. The number of carbonyl (C=O) groups excluding carboxylic acids is 2. The van der Waals surface area contributed by atoms with E-state index in [0.29, 0.717) is 44.8 Å². The molecule has 0 aliphatic heterocycles. The van der Waals surface area contributed by atoms with Gasteiger partial charge in [-0.15, -0.1) is 28.1 Å². The van der Waals surface area contributed by atoms with Gasteiger partial charge in [-0.05, 0) is 55.9 Å². The Bertz CT molecular complexity index is 1290. The molecule has 3 aromatic rings. The molecule has 2 amide bonds. The van der Waals surface area contributed by atoms with E-state index in [-0.39, 0.29) is 11.7 Å². The van der Waals surface area contributed by atoms with Gasteiger partial charge < -0.3 is 15.8 Å². The van der Waals surface area contributed by atoms with E-state index in [4.69, 9.17) is 22.1 Å². The molecule has 190 valence electrons. The van der Waals surface area contributed by atoms with Crippen LogP contribution in [0.15, 0.2) is 42.1 Å². The number of carbonyl (C=O) groups is 2. The zero-order chi connectivity index (χ0) is 25.8. The molecule has 2 unspecified atom stereocenters. The predicted molar refractivity (Wildman–Crippen MR) is 144 cm³/mol. The van der Waals surface area contributed by atoms with Crippen molar-refractivity contribution in [3.63, 3.8) is 0 Å². The number of primary amides is 1. The molecule has 0 saturated heterocycles. The molecule has 3 N–H and O–H groups in total. The first kappa shape index (κ1) is 26.2. The smallest absolute Gasteiger partial charge is 0.251 e. The minimum Gasteiger partial charge on any atom is -0.483 e. The number of allylic oxidation sites excluding steroid dienone is 1. The average molecular weight is 546 g/mol. The summed E-state index contributed by atoms with van der Waals surface area (Å²) in [5.41, 5.74) is 7.10. The molecule has 0 spiro atoms. The Morgan fingerprint density at radius 3 is 2.97 bits per heavy atom. The number of benzene rings is 1. The molecule has 0 radical (unpaired) electrons. The Kier molecular flexibility index (Phi) is 8.38. The Morgan fingerprint density at radius 1 is 1.44 bits per heavy atom. The Balaban J connectivity index is 1.45. The van der Waals surface area contributed by atoms with E-state index in [1.807, 2.05) is 23.6 Å². The van der Waals surface area contributed by atoms with Crippen LogP contribution in [0.1, 0.15) is 53.0 Å². The van der Waals surface area contributed by atoms with Crippen molar-refractivity contribution in [2.24, 2.45) is 11.7 Å². The number of halogens is 1. The number of nitrogens with two attached hydrogens (primary N) is 1. The topological polar surface area (TPSA) is 112 Å². The molecule has 1 aromatic carbocycles. The van der Waals surface area contributed by atoms with Gasteiger partial charge in [0.05, 0.1) is 11.3 Å². The van der Waals surface area contributed by atoms with E-state index in [1.54, 1.807) is 18.2 Å². The third-order valence-corrected chi connectivity index (χ3v) is 8.24. The fourth-order valence-corrected chi connectivity index (χ4v) is 6.57. The lowest BCUT2D eigenvalue weighted by molar-refractivity contribution is -0.113. The van der Waals surface area contributed by atoms with E-state index < -0.39 is 12.0 Å². The standard InChI is InChI=1S/C25H28ClN5O3S2/c1-4-10-31-23(15(3)34-17-7-5-6-16(26)12-17)29-30-25(31)35-13-20(32)28-24-21(22(27)33)18-9-8-14(2)11-19(18)36-24/h4-7,12,14-15H,1,8-11,13H2,2-3H3,(H2,27,33)(H,28,32). The number of ether oxygens (including phenoxy) is 1. The molecule has 2 aromatic heterocycles. The van der Waals surface area contributed by atoms with Gasteiger partial charge in [0.15, 0.2) is 17.1 Å². The first-order valence-corrected chi connectivity index (χ1v) is 13.8. The van der Waals surface area contributed by atoms with Crippen LogP contribution in [-0.4, -0.2) is 32.3 Å². The number of nitrogens with zero attached hydrogens (tertiary/aromatic N) is 3. The number of rotatable bonds is 10. The molecule has 2 heterocycles. The van der Waals surface area contributed by atoms with E-state index in [9.17, 15) is 9.59 Å². The Labute approximate surface area is 223 Å². The number of hydrogen-bond donors (Lipinski definition) is 2. The highest BCUT2D eigenvalue weighted by Gasteiger charge is 2.27. The largest absolute Gasteiger partial charge is 0.483 e. The number of thioether (sulfide) groups is 1. The van der Waals surface area contributed by atoms with Gasteiger partial charge in [0.25, 0.3) is 5.91 Å². The van der Waals surface area contributed by atoms with Gasteiger partial charge in [-0.2, -0.15) is 0 Å². The van der Waals surface area contributed by atoms with Crippen LogP contribution in [0.2, 0.25) is 5.02 Å². The lowest BCUT2D eigenvalue weighted by Crippen LogP contribution is -2.20. The van der Waals surface area contributed by atoms with E-state index >= 15 is 0 Å². The molecule has 11 heteroatoms. The van der Waals surface area contributed by atoms with Crippen molar-refractivity contribution in [2.75, 3.05) is 11.1 Å². The summed E-state index contributed by atoms with van der Waals surface area (Å²) in [7, 11) is 0. The predicted octanol–water partition coefficient (Wildman–Crippen LogP) is 5.27. The highest BCUT2D eigenvalue weighted by molar-refractivity contribution is 7.99. The normalized spacial score (nSPS) is 15.7. The van der Waals surface area contributed by atoms with Crippen LogP contribution in [-0.2, 0) is 24.2 Å². The molecule has 0 fully saturated rings. The fourth-order valence-electron chi connectivity index (χ4n) is 4.20. The summed E-state index contributed by atoms with van der Waals surface area (Å²) in [4.78, 5) is 26.1. The maximum atomic E-state index is 12.8. The SMILES string of the molecule is C=CCn1c(SCC(=O)Nc2sc3c(c2C(N)=O)CCC(C)C3)nnc1C(C)Oc1cccc(Cl)c1. The van der Waals surface area contributed by atoms with Crippen molar-refractivity contribution >= 4 is 51.5 Å². The molecular weight excluding hydrogens is 518 g/mol. The summed E-state index contributed by atoms with van der Waals surface area (Å²) >= 11 is 8.76. The second-order valence-corrected chi connectivity index (χ2v) is 11.2. The number of aromatic nitrogens is 3. The van der Waals surface area contributed by atoms with Gasteiger partial charge >= 0.3 is 0 Å². The van der Waals surface area contributed by atoms with Gasteiger partial charge in [0.2, 0.25) is 5.91 Å². The summed E-state index contributed by atoms with van der Waals surface area (Å²) in [6, 6.07) is 7.14. The van der Waals surface area contributed by atoms with Crippen LogP contribution in [0.4, 0.5) is 5.00 Å². The number of thiophene rings is 1. The van der Waals surface area contributed by atoms with Crippen LogP contribution in [0.5, 0.6) is 5.75 Å². The summed E-state index contributed by atoms with van der Waals surface area (Å²) in [6.45, 7) is 8.34. The van der Waals surface area contributed by atoms with Gasteiger partial charge in [-0.1, -0.05) is 42.4 Å². The molecule has 0 saturated carbocycles. The van der Waals surface area contributed by atoms with E-state index in [1.165, 1.54) is 23.1 Å². The minimum atomic E-state index is -0.505. The van der Waals surface area contributed by atoms with Crippen molar-refractivity contribution in [1.82, 2.24) is 14.8 Å². The highest BCUT2D eigenvalue weighted by Crippen LogP contribution is 2.39. The maximum absolute atomic E-state index is 12.8. The Hall–Kier alpha value is -2.82. The van der Waals surface area contributed by atoms with Gasteiger partial charge in [-0.3, -0.25) is 14.2 Å². The summed E-state index contributed by atoms with van der Waals surface area (Å²) in [6.07, 6.45) is 4.04. The van der Waals surface area contributed by atoms with Crippen molar-refractivity contribution in [3.05, 3.63) is 63.8 Å². The average Bonchev–Trinajstić information content (AvgIpc) is 3.38. The third kappa shape index (κ3) is 5.93. The van der Waals surface area contributed by atoms with Crippen LogP contribution >= 0.6 is 34.7 Å². The number of anilines is 1. The van der Waals surface area contributed by atoms with Gasteiger partial charge in [-0.25, -0.2) is 0 Å². The van der Waals surface area contributed by atoms with Crippen molar-refractivity contribution in [1.29, 1.82) is 0 Å². The first-order valence-electron chi connectivity index (χ1n) is 11.6. The quantitative estimate of drug-likeness (QED) is 0.265. The number of nitrogens with one attached hydrogen (secondary N) is 1. The summed E-state index contributed by atoms with van der Waals surface area (Å²) < 4.78 is 7.86. The summed E-state index contributed by atoms with van der Waals surface area (Å²) in [5.74, 6) is 1.12. The molecule has 8 nitrogen and oxygen atoms in total. The van der Waals surface area contributed by atoms with Gasteiger partial charge in [0, 0.05) is 16.4 Å². The van der Waals surface area contributed by atoms with E-state index in [2.05, 4.69) is 29.0 Å². The third-order valence-electron chi connectivity index (χ3n) is 5.87. The molecule has 4 rings (SSSR count). The molecule has 2 atom stereocenters. The second kappa shape index (κ2) is 11.5. The lowest BCUT2D eigenvalue weighted by atomic mass is 9.88. The zero-order valence-corrected chi connectivity index (χ0v) is 22.5. The van der Waals surface area contributed by atoms with Crippen molar-refractivity contribution in [2.45, 2.75) is 50.9 Å².